The van der Waals surface area contributed by atoms with Crippen LogP contribution in [0, 0.1) is 10.5 Å². The van der Waals surface area contributed by atoms with Gasteiger partial charge in [0.25, 0.3) is 0 Å². The Labute approximate surface area is 118 Å². The van der Waals surface area contributed by atoms with E-state index in [1.807, 2.05) is 31.2 Å². The zero-order valence-electron chi connectivity index (χ0n) is 9.15. The maximum absolute atomic E-state index is 12.0. The average Bonchev–Trinajstić information content (AvgIpc) is 2.62. The minimum atomic E-state index is 0.0317. The Morgan fingerprint density at radius 3 is 2.59 bits per heavy atom. The van der Waals surface area contributed by atoms with Crippen molar-refractivity contribution >= 4 is 40.0 Å². The smallest absolute Gasteiger partial charge is 0.184 e. The van der Waals surface area contributed by atoms with Crippen LogP contribution in [0.2, 0.25) is 5.02 Å². The number of ketones is 1. The Morgan fingerprint density at radius 2 is 2.06 bits per heavy atom. The number of benzene rings is 1. The second kappa shape index (κ2) is 5.18. The van der Waals surface area contributed by atoms with Gasteiger partial charge in [0, 0.05) is 9.13 Å². The van der Waals surface area contributed by atoms with Crippen molar-refractivity contribution in [2.24, 2.45) is 0 Å². The third-order valence-electron chi connectivity index (χ3n) is 2.50. The standard InChI is InChI=1S/C12H10ClIN2O/c1-8-11(13)6-15-16(8)7-12(17)9-2-4-10(14)5-3-9/h2-6H,7H2,1H3. The van der Waals surface area contributed by atoms with Crippen molar-refractivity contribution in [2.75, 3.05) is 0 Å². The van der Waals surface area contributed by atoms with E-state index in [0.717, 1.165) is 9.26 Å². The summed E-state index contributed by atoms with van der Waals surface area (Å²) in [7, 11) is 0. The zero-order chi connectivity index (χ0) is 12.4. The van der Waals surface area contributed by atoms with Crippen LogP contribution in [0.25, 0.3) is 0 Å². The maximum atomic E-state index is 12.0. The van der Waals surface area contributed by atoms with Gasteiger partial charge in [-0.25, -0.2) is 0 Å². The molecule has 0 N–H and O–H groups in total. The van der Waals surface area contributed by atoms with E-state index in [-0.39, 0.29) is 12.3 Å². The third-order valence-corrected chi connectivity index (χ3v) is 3.59. The molecular weight excluding hydrogens is 351 g/mol. The van der Waals surface area contributed by atoms with Gasteiger partial charge in [0.15, 0.2) is 5.78 Å². The summed E-state index contributed by atoms with van der Waals surface area (Å²) in [6.45, 7) is 2.07. The third kappa shape index (κ3) is 2.87. The lowest BCUT2D eigenvalue weighted by Crippen LogP contribution is -2.12. The van der Waals surface area contributed by atoms with E-state index in [2.05, 4.69) is 27.7 Å². The van der Waals surface area contributed by atoms with E-state index in [4.69, 9.17) is 11.6 Å². The van der Waals surface area contributed by atoms with Crippen LogP contribution < -0.4 is 0 Å². The predicted molar refractivity (Wildman–Crippen MR) is 75.5 cm³/mol. The summed E-state index contributed by atoms with van der Waals surface area (Å²) in [4.78, 5) is 12.0. The molecule has 2 rings (SSSR count). The van der Waals surface area contributed by atoms with Crippen molar-refractivity contribution < 1.29 is 4.79 Å². The van der Waals surface area contributed by atoms with Crippen molar-refractivity contribution in [3.63, 3.8) is 0 Å². The Morgan fingerprint density at radius 1 is 1.41 bits per heavy atom. The van der Waals surface area contributed by atoms with Crippen molar-refractivity contribution in [3.8, 4) is 0 Å². The fourth-order valence-corrected chi connectivity index (χ4v) is 1.95. The van der Waals surface area contributed by atoms with Gasteiger partial charge < -0.3 is 0 Å². The molecule has 0 aliphatic carbocycles. The first-order valence-electron chi connectivity index (χ1n) is 5.04. The fraction of sp³-hybridized carbons (Fsp3) is 0.167. The summed E-state index contributed by atoms with van der Waals surface area (Å²) < 4.78 is 2.72. The van der Waals surface area contributed by atoms with Crippen LogP contribution in [0.5, 0.6) is 0 Å². The lowest BCUT2D eigenvalue weighted by Gasteiger charge is -2.04. The van der Waals surface area contributed by atoms with Gasteiger partial charge in [-0.05, 0) is 41.6 Å². The predicted octanol–water partition coefficient (Wildman–Crippen LogP) is 3.33. The van der Waals surface area contributed by atoms with Crippen LogP contribution in [-0.2, 0) is 6.54 Å². The molecule has 0 aliphatic heterocycles. The molecule has 3 nitrogen and oxygen atoms in total. The van der Waals surface area contributed by atoms with E-state index in [0.29, 0.717) is 10.6 Å². The van der Waals surface area contributed by atoms with E-state index in [1.54, 1.807) is 10.9 Å². The van der Waals surface area contributed by atoms with Crippen LogP contribution in [0.3, 0.4) is 0 Å². The van der Waals surface area contributed by atoms with Crippen LogP contribution in [0.4, 0.5) is 0 Å². The van der Waals surface area contributed by atoms with Crippen molar-refractivity contribution in [1.29, 1.82) is 0 Å². The molecule has 0 unspecified atom stereocenters. The first-order chi connectivity index (χ1) is 8.08. The fourth-order valence-electron chi connectivity index (χ4n) is 1.45. The molecule has 0 saturated heterocycles. The summed E-state index contributed by atoms with van der Waals surface area (Å²) >= 11 is 8.09. The van der Waals surface area contributed by atoms with Crippen molar-refractivity contribution in [2.45, 2.75) is 13.5 Å². The molecule has 0 fully saturated rings. The van der Waals surface area contributed by atoms with Crippen LogP contribution in [0.1, 0.15) is 16.1 Å². The second-order valence-corrected chi connectivity index (χ2v) is 5.32. The molecule has 0 saturated carbocycles. The zero-order valence-corrected chi connectivity index (χ0v) is 12.1. The number of carbonyl (C=O) groups is 1. The Balaban J connectivity index is 2.17. The number of Topliss-reactive ketones (excluding diaryl/α,β-unsaturated/α-hetero) is 1. The van der Waals surface area contributed by atoms with E-state index < -0.39 is 0 Å². The molecule has 0 aliphatic rings. The first-order valence-corrected chi connectivity index (χ1v) is 6.50. The summed E-state index contributed by atoms with van der Waals surface area (Å²) in [5.74, 6) is 0.0317. The summed E-state index contributed by atoms with van der Waals surface area (Å²) in [5, 5.41) is 4.64. The van der Waals surface area contributed by atoms with Gasteiger partial charge in [-0.15, -0.1) is 0 Å². The minimum Gasteiger partial charge on any atom is -0.292 e. The topological polar surface area (TPSA) is 34.9 Å². The SMILES string of the molecule is Cc1c(Cl)cnn1CC(=O)c1ccc(I)cc1. The molecule has 0 atom stereocenters. The second-order valence-electron chi connectivity index (χ2n) is 3.67. The molecule has 5 heteroatoms. The van der Waals surface area contributed by atoms with E-state index in [9.17, 15) is 4.79 Å². The number of halogens is 2. The number of nitrogens with zero attached hydrogens (tertiary/aromatic N) is 2. The molecule has 0 amide bonds. The van der Waals surface area contributed by atoms with Crippen LogP contribution in [0.15, 0.2) is 30.5 Å². The number of hydrogen-bond donors (Lipinski definition) is 0. The van der Waals surface area contributed by atoms with Crippen molar-refractivity contribution in [1.82, 2.24) is 9.78 Å². The largest absolute Gasteiger partial charge is 0.292 e. The molecule has 17 heavy (non-hydrogen) atoms. The highest BCUT2D eigenvalue weighted by molar-refractivity contribution is 14.1. The van der Waals surface area contributed by atoms with Gasteiger partial charge in [0.1, 0.15) is 6.54 Å². The van der Waals surface area contributed by atoms with E-state index >= 15 is 0 Å². The number of carbonyl (C=O) groups excluding carboxylic acids is 1. The minimum absolute atomic E-state index is 0.0317. The molecule has 1 heterocycles. The Hall–Kier alpha value is -0.880. The molecule has 1 aromatic carbocycles. The number of rotatable bonds is 3. The molecule has 2 aromatic rings. The molecule has 0 radical (unpaired) electrons. The first kappa shape index (κ1) is 12.6. The van der Waals surface area contributed by atoms with Crippen molar-refractivity contribution in [3.05, 3.63) is 50.3 Å². The van der Waals surface area contributed by atoms with Gasteiger partial charge in [-0.1, -0.05) is 23.7 Å². The highest BCUT2D eigenvalue weighted by Gasteiger charge is 2.10. The lowest BCUT2D eigenvalue weighted by atomic mass is 10.1. The molecule has 0 bridgehead atoms. The number of hydrogen-bond acceptors (Lipinski definition) is 2. The quantitative estimate of drug-likeness (QED) is 0.622. The molecule has 88 valence electrons. The lowest BCUT2D eigenvalue weighted by molar-refractivity contribution is 0.0967. The van der Waals surface area contributed by atoms with Crippen LogP contribution >= 0.6 is 34.2 Å². The normalized spacial score (nSPS) is 10.5. The molecular formula is C12H10ClIN2O. The van der Waals surface area contributed by atoms with Crippen LogP contribution in [-0.4, -0.2) is 15.6 Å². The van der Waals surface area contributed by atoms with Gasteiger partial charge in [0.05, 0.1) is 16.9 Å². The Kier molecular flexibility index (Phi) is 3.83. The maximum Gasteiger partial charge on any atom is 0.184 e. The highest BCUT2D eigenvalue weighted by Crippen LogP contribution is 2.14. The van der Waals surface area contributed by atoms with Gasteiger partial charge >= 0.3 is 0 Å². The summed E-state index contributed by atoms with van der Waals surface area (Å²) in [5.41, 5.74) is 1.50. The average molecular weight is 361 g/mol. The Bertz CT molecular complexity index is 548. The molecule has 1 aromatic heterocycles. The highest BCUT2D eigenvalue weighted by atomic mass is 127. The van der Waals surface area contributed by atoms with E-state index in [1.165, 1.54) is 0 Å². The van der Waals surface area contributed by atoms with Gasteiger partial charge in [0.2, 0.25) is 0 Å². The van der Waals surface area contributed by atoms with Gasteiger partial charge in [-0.3, -0.25) is 9.48 Å². The van der Waals surface area contributed by atoms with Gasteiger partial charge in [-0.2, -0.15) is 5.10 Å². The summed E-state index contributed by atoms with van der Waals surface area (Å²) in [6, 6.07) is 7.47. The summed E-state index contributed by atoms with van der Waals surface area (Å²) in [6.07, 6.45) is 1.55. The monoisotopic (exact) mass is 360 g/mol. The number of aromatic nitrogens is 2. The molecule has 0 spiro atoms.